The molecule has 0 saturated heterocycles. The van der Waals surface area contributed by atoms with Crippen molar-refractivity contribution in [2.75, 3.05) is 6.26 Å². The summed E-state index contributed by atoms with van der Waals surface area (Å²) < 4.78 is 22.6. The van der Waals surface area contributed by atoms with Gasteiger partial charge < -0.3 is 4.98 Å². The predicted molar refractivity (Wildman–Crippen MR) is 57.7 cm³/mol. The van der Waals surface area contributed by atoms with Gasteiger partial charge in [-0.1, -0.05) is 6.07 Å². The number of sulfone groups is 1. The van der Waals surface area contributed by atoms with Crippen LogP contribution in [0.3, 0.4) is 0 Å². The SMILES string of the molecule is CS(=O)(=O)c1ccc2cc[nH]c(=O)c2c1. The number of aromatic nitrogens is 1. The molecule has 0 aliphatic rings. The smallest absolute Gasteiger partial charge is 0.255 e. The Labute approximate surface area is 86.5 Å². The van der Waals surface area contributed by atoms with Crippen LogP contribution in [-0.2, 0) is 9.84 Å². The molecule has 0 aliphatic heterocycles. The van der Waals surface area contributed by atoms with Gasteiger partial charge in [-0.25, -0.2) is 8.42 Å². The summed E-state index contributed by atoms with van der Waals surface area (Å²) in [5.74, 6) is 0. The lowest BCUT2D eigenvalue weighted by Crippen LogP contribution is -2.06. The van der Waals surface area contributed by atoms with Crippen LogP contribution < -0.4 is 5.56 Å². The van der Waals surface area contributed by atoms with Gasteiger partial charge in [0.1, 0.15) is 0 Å². The van der Waals surface area contributed by atoms with E-state index in [1.807, 2.05) is 0 Å². The summed E-state index contributed by atoms with van der Waals surface area (Å²) in [4.78, 5) is 14.1. The number of nitrogens with one attached hydrogen (secondary N) is 1. The number of pyridine rings is 1. The van der Waals surface area contributed by atoms with Gasteiger partial charge in [-0.3, -0.25) is 4.79 Å². The Morgan fingerprint density at radius 2 is 1.93 bits per heavy atom. The highest BCUT2D eigenvalue weighted by Crippen LogP contribution is 2.15. The Kier molecular flexibility index (Phi) is 2.12. The summed E-state index contributed by atoms with van der Waals surface area (Å²) in [6.07, 6.45) is 2.65. The van der Waals surface area contributed by atoms with Crippen LogP contribution in [0.15, 0.2) is 40.2 Å². The largest absolute Gasteiger partial charge is 0.329 e. The van der Waals surface area contributed by atoms with E-state index in [9.17, 15) is 13.2 Å². The first-order valence-electron chi connectivity index (χ1n) is 4.30. The molecule has 1 N–H and O–H groups in total. The molecule has 5 heteroatoms. The van der Waals surface area contributed by atoms with Crippen molar-refractivity contribution in [3.63, 3.8) is 0 Å². The fourth-order valence-electron chi connectivity index (χ4n) is 1.39. The summed E-state index contributed by atoms with van der Waals surface area (Å²) in [7, 11) is -3.26. The lowest BCUT2D eigenvalue weighted by atomic mass is 10.2. The monoisotopic (exact) mass is 223 g/mol. The molecule has 0 atom stereocenters. The molecule has 0 spiro atoms. The maximum atomic E-state index is 11.4. The van der Waals surface area contributed by atoms with Gasteiger partial charge in [-0.05, 0) is 23.6 Å². The number of hydrogen-bond acceptors (Lipinski definition) is 3. The van der Waals surface area contributed by atoms with Gasteiger partial charge in [-0.2, -0.15) is 0 Å². The molecule has 0 radical (unpaired) electrons. The lowest BCUT2D eigenvalue weighted by molar-refractivity contribution is 0.602. The van der Waals surface area contributed by atoms with Crippen molar-refractivity contribution in [2.45, 2.75) is 4.90 Å². The van der Waals surface area contributed by atoms with Gasteiger partial charge in [0, 0.05) is 17.8 Å². The molecule has 2 aromatic rings. The predicted octanol–water partition coefficient (Wildman–Crippen LogP) is 0.932. The van der Waals surface area contributed by atoms with Crippen molar-refractivity contribution in [2.24, 2.45) is 0 Å². The van der Waals surface area contributed by atoms with Crippen molar-refractivity contribution in [1.29, 1.82) is 0 Å². The zero-order valence-corrected chi connectivity index (χ0v) is 8.84. The molecular weight excluding hydrogens is 214 g/mol. The number of benzene rings is 1. The van der Waals surface area contributed by atoms with Crippen LogP contribution in [0.1, 0.15) is 0 Å². The number of fused-ring (bicyclic) bond motifs is 1. The lowest BCUT2D eigenvalue weighted by Gasteiger charge is -2.00. The van der Waals surface area contributed by atoms with E-state index in [-0.39, 0.29) is 10.5 Å². The van der Waals surface area contributed by atoms with Crippen molar-refractivity contribution in [1.82, 2.24) is 4.98 Å². The molecule has 0 amide bonds. The highest BCUT2D eigenvalue weighted by Gasteiger charge is 2.08. The number of H-pyrrole nitrogens is 1. The van der Waals surface area contributed by atoms with Gasteiger partial charge >= 0.3 is 0 Å². The molecule has 1 heterocycles. The van der Waals surface area contributed by atoms with Crippen LogP contribution in [0.2, 0.25) is 0 Å². The zero-order valence-electron chi connectivity index (χ0n) is 8.02. The van der Waals surface area contributed by atoms with Crippen LogP contribution in [-0.4, -0.2) is 19.7 Å². The first-order chi connectivity index (χ1) is 6.98. The summed E-state index contributed by atoms with van der Waals surface area (Å²) in [5, 5.41) is 1.12. The van der Waals surface area contributed by atoms with Crippen LogP contribution in [0, 0.1) is 0 Å². The first-order valence-corrected chi connectivity index (χ1v) is 6.19. The van der Waals surface area contributed by atoms with Crippen molar-refractivity contribution >= 4 is 20.6 Å². The van der Waals surface area contributed by atoms with Gasteiger partial charge in [0.05, 0.1) is 4.90 Å². The second kappa shape index (κ2) is 3.20. The highest BCUT2D eigenvalue weighted by atomic mass is 32.2. The maximum absolute atomic E-state index is 11.4. The Bertz CT molecular complexity index is 670. The number of hydrogen-bond donors (Lipinski definition) is 1. The fourth-order valence-corrected chi connectivity index (χ4v) is 2.04. The fraction of sp³-hybridized carbons (Fsp3) is 0.100. The molecule has 15 heavy (non-hydrogen) atoms. The van der Waals surface area contributed by atoms with E-state index in [1.165, 1.54) is 18.3 Å². The van der Waals surface area contributed by atoms with E-state index in [4.69, 9.17) is 0 Å². The summed E-state index contributed by atoms with van der Waals surface area (Å²) in [6, 6.07) is 6.24. The molecule has 0 fully saturated rings. The molecule has 0 saturated carbocycles. The Morgan fingerprint density at radius 3 is 2.60 bits per heavy atom. The second-order valence-corrected chi connectivity index (χ2v) is 5.34. The van der Waals surface area contributed by atoms with E-state index in [0.29, 0.717) is 5.39 Å². The highest BCUT2D eigenvalue weighted by molar-refractivity contribution is 7.90. The molecule has 0 bridgehead atoms. The minimum Gasteiger partial charge on any atom is -0.329 e. The van der Waals surface area contributed by atoms with Crippen LogP contribution in [0.25, 0.3) is 10.8 Å². The third kappa shape index (κ3) is 1.78. The van der Waals surface area contributed by atoms with E-state index in [0.717, 1.165) is 11.6 Å². The number of aromatic amines is 1. The molecule has 1 aromatic carbocycles. The molecule has 78 valence electrons. The average molecular weight is 223 g/mol. The molecule has 2 rings (SSSR count). The van der Waals surface area contributed by atoms with Gasteiger partial charge in [0.15, 0.2) is 9.84 Å². The minimum atomic E-state index is -3.26. The van der Waals surface area contributed by atoms with E-state index >= 15 is 0 Å². The third-order valence-electron chi connectivity index (χ3n) is 2.17. The van der Waals surface area contributed by atoms with E-state index in [1.54, 1.807) is 12.1 Å². The van der Waals surface area contributed by atoms with Crippen molar-refractivity contribution in [3.8, 4) is 0 Å². The Morgan fingerprint density at radius 1 is 1.20 bits per heavy atom. The number of rotatable bonds is 1. The van der Waals surface area contributed by atoms with Gasteiger partial charge in [-0.15, -0.1) is 0 Å². The standard InChI is InChI=1S/C10H9NO3S/c1-15(13,14)8-3-2-7-4-5-11-10(12)9(7)6-8/h2-6H,1H3,(H,11,12). The van der Waals surface area contributed by atoms with Crippen molar-refractivity contribution < 1.29 is 8.42 Å². The Hall–Kier alpha value is -1.62. The zero-order chi connectivity index (χ0) is 11.1. The van der Waals surface area contributed by atoms with Crippen molar-refractivity contribution in [3.05, 3.63) is 40.8 Å². The molecular formula is C10H9NO3S. The maximum Gasteiger partial charge on any atom is 0.255 e. The van der Waals surface area contributed by atoms with E-state index < -0.39 is 9.84 Å². The first kappa shape index (κ1) is 9.92. The van der Waals surface area contributed by atoms with E-state index in [2.05, 4.69) is 4.98 Å². The summed E-state index contributed by atoms with van der Waals surface area (Å²) in [6.45, 7) is 0. The molecule has 0 unspecified atom stereocenters. The molecule has 1 aromatic heterocycles. The normalized spacial score (nSPS) is 11.8. The van der Waals surface area contributed by atoms with Crippen LogP contribution >= 0.6 is 0 Å². The van der Waals surface area contributed by atoms with Crippen LogP contribution in [0.4, 0.5) is 0 Å². The topological polar surface area (TPSA) is 67.0 Å². The quantitative estimate of drug-likeness (QED) is 0.782. The molecule has 4 nitrogen and oxygen atoms in total. The van der Waals surface area contributed by atoms with Crippen LogP contribution in [0.5, 0.6) is 0 Å². The molecule has 0 aliphatic carbocycles. The second-order valence-electron chi connectivity index (χ2n) is 3.33. The average Bonchev–Trinajstić information content (AvgIpc) is 2.16. The Balaban J connectivity index is 2.88. The summed E-state index contributed by atoms with van der Waals surface area (Å²) >= 11 is 0. The minimum absolute atomic E-state index is 0.159. The summed E-state index contributed by atoms with van der Waals surface area (Å²) in [5.41, 5.74) is -0.280. The third-order valence-corrected chi connectivity index (χ3v) is 3.29. The van der Waals surface area contributed by atoms with Gasteiger partial charge in [0.25, 0.3) is 5.56 Å². The van der Waals surface area contributed by atoms with Gasteiger partial charge in [0.2, 0.25) is 0 Å².